The number of nitrogens with one attached hydrogen (secondary N) is 1. The Hall–Kier alpha value is -1.85. The molecule has 1 aliphatic carbocycles. The fourth-order valence-electron chi connectivity index (χ4n) is 3.54. The van der Waals surface area contributed by atoms with Crippen LogP contribution in [0.4, 0.5) is 5.82 Å². The van der Waals surface area contributed by atoms with E-state index < -0.39 is 37.3 Å². The molecule has 2 aromatic heterocycles. The maximum atomic E-state index is 10.2. The molecule has 0 amide bonds. The first kappa shape index (κ1) is 16.6. The van der Waals surface area contributed by atoms with Crippen molar-refractivity contribution in [3.63, 3.8) is 0 Å². The van der Waals surface area contributed by atoms with Gasteiger partial charge >= 0.3 is 0 Å². The summed E-state index contributed by atoms with van der Waals surface area (Å²) >= 11 is 0. The lowest BCUT2D eigenvalue weighted by Crippen LogP contribution is -2.33. The molecule has 1 aliphatic heterocycles. The van der Waals surface area contributed by atoms with Gasteiger partial charge in [-0.05, 0) is 19.3 Å². The monoisotopic (exact) mass is 351 g/mol. The highest BCUT2D eigenvalue weighted by atomic mass is 16.6. The minimum Gasteiger partial charge on any atom is -0.394 e. The average molecular weight is 351 g/mol. The second-order valence-electron chi connectivity index (χ2n) is 6.52. The van der Waals surface area contributed by atoms with Crippen LogP contribution in [0.15, 0.2) is 12.7 Å². The van der Waals surface area contributed by atoms with Crippen molar-refractivity contribution in [2.45, 2.75) is 55.9 Å². The van der Waals surface area contributed by atoms with Gasteiger partial charge in [0.1, 0.15) is 24.6 Å². The highest BCUT2D eigenvalue weighted by molar-refractivity contribution is 5.82. The standard InChI is InChI=1S/C15H21N5O5/c21-4-9-11(23)12(24)15(25-9)20-6-18-10-13(16-5-17-14(10)20)19-7-2-1-3-8(7)22/h5-9,11-12,15,21-24H,1-4H2,(H,16,17,19)/t7?,8-,9+,11+,12+,15+/m0/s1. The van der Waals surface area contributed by atoms with E-state index in [-0.39, 0.29) is 6.04 Å². The van der Waals surface area contributed by atoms with Gasteiger partial charge in [-0.2, -0.15) is 0 Å². The zero-order valence-electron chi connectivity index (χ0n) is 13.4. The highest BCUT2D eigenvalue weighted by Crippen LogP contribution is 2.32. The van der Waals surface area contributed by atoms with Gasteiger partial charge in [-0.1, -0.05) is 0 Å². The first-order chi connectivity index (χ1) is 12.1. The van der Waals surface area contributed by atoms with Gasteiger partial charge in [0.2, 0.25) is 0 Å². The Labute approximate surface area is 143 Å². The van der Waals surface area contributed by atoms with Crippen molar-refractivity contribution >= 4 is 17.0 Å². The summed E-state index contributed by atoms with van der Waals surface area (Å²) in [5.74, 6) is 0.501. The van der Waals surface area contributed by atoms with Crippen molar-refractivity contribution < 1.29 is 25.2 Å². The van der Waals surface area contributed by atoms with Crippen LogP contribution in [-0.4, -0.2) is 77.0 Å². The SMILES string of the molecule is OC[C@H]1O[C@@H](n2cnc3c(NC4CCC[C@@H]4O)ncnc32)[C@H](O)[C@@H]1O. The summed E-state index contributed by atoms with van der Waals surface area (Å²) in [5, 5.41) is 42.6. The summed E-state index contributed by atoms with van der Waals surface area (Å²) in [6.45, 7) is -0.400. The topological polar surface area (TPSA) is 146 Å². The quantitative estimate of drug-likeness (QED) is 0.456. The smallest absolute Gasteiger partial charge is 0.167 e. The molecule has 2 fully saturated rings. The predicted octanol–water partition coefficient (Wildman–Crippen LogP) is -1.24. The van der Waals surface area contributed by atoms with E-state index >= 15 is 0 Å². The Morgan fingerprint density at radius 3 is 2.68 bits per heavy atom. The lowest BCUT2D eigenvalue weighted by atomic mass is 10.1. The molecule has 10 nitrogen and oxygen atoms in total. The van der Waals surface area contributed by atoms with Crippen molar-refractivity contribution in [3.8, 4) is 0 Å². The van der Waals surface area contributed by atoms with E-state index in [1.54, 1.807) is 0 Å². The number of aliphatic hydroxyl groups excluding tert-OH is 4. The Morgan fingerprint density at radius 2 is 2.00 bits per heavy atom. The molecule has 0 spiro atoms. The third-order valence-electron chi connectivity index (χ3n) is 4.95. The number of nitrogens with zero attached hydrogens (tertiary/aromatic N) is 4. The molecule has 1 saturated carbocycles. The minimum absolute atomic E-state index is 0.0860. The van der Waals surface area contributed by atoms with Gasteiger partial charge in [-0.25, -0.2) is 15.0 Å². The van der Waals surface area contributed by atoms with Crippen LogP contribution in [0.25, 0.3) is 11.2 Å². The molecule has 1 unspecified atom stereocenters. The van der Waals surface area contributed by atoms with Gasteiger partial charge in [-0.15, -0.1) is 0 Å². The number of imidazole rings is 1. The summed E-state index contributed by atoms with van der Waals surface area (Å²) in [6.07, 6.45) is 0.768. The fraction of sp³-hybridized carbons (Fsp3) is 0.667. The van der Waals surface area contributed by atoms with Crippen molar-refractivity contribution in [2.24, 2.45) is 0 Å². The first-order valence-corrected chi connectivity index (χ1v) is 8.34. The number of hydrogen-bond acceptors (Lipinski definition) is 9. The molecule has 2 aromatic rings. The minimum atomic E-state index is -1.21. The van der Waals surface area contributed by atoms with Crippen LogP contribution < -0.4 is 5.32 Å². The second kappa shape index (κ2) is 6.46. The van der Waals surface area contributed by atoms with E-state index in [2.05, 4.69) is 20.3 Å². The zero-order valence-corrected chi connectivity index (χ0v) is 13.4. The van der Waals surface area contributed by atoms with Crippen LogP contribution >= 0.6 is 0 Å². The zero-order chi connectivity index (χ0) is 17.6. The van der Waals surface area contributed by atoms with E-state index in [9.17, 15) is 20.4 Å². The molecule has 2 aliphatic rings. The van der Waals surface area contributed by atoms with Crippen molar-refractivity contribution in [3.05, 3.63) is 12.7 Å². The maximum absolute atomic E-state index is 10.2. The van der Waals surface area contributed by atoms with E-state index in [4.69, 9.17) is 4.74 Å². The molecule has 0 bridgehead atoms. The Morgan fingerprint density at radius 1 is 1.16 bits per heavy atom. The summed E-state index contributed by atoms with van der Waals surface area (Å²) in [5.41, 5.74) is 0.916. The Kier molecular flexibility index (Phi) is 4.29. The number of aromatic nitrogens is 4. The van der Waals surface area contributed by atoms with Crippen LogP contribution in [0.5, 0.6) is 0 Å². The molecular formula is C15H21N5O5. The van der Waals surface area contributed by atoms with Gasteiger partial charge < -0.3 is 30.5 Å². The van der Waals surface area contributed by atoms with Crippen LogP contribution in [0.2, 0.25) is 0 Å². The molecule has 10 heteroatoms. The van der Waals surface area contributed by atoms with Crippen LogP contribution in [-0.2, 0) is 4.74 Å². The summed E-state index contributed by atoms with van der Waals surface area (Å²) in [6, 6.07) is -0.0860. The molecule has 0 aromatic carbocycles. The molecule has 5 N–H and O–H groups in total. The van der Waals surface area contributed by atoms with Gasteiger partial charge in [0.25, 0.3) is 0 Å². The molecule has 6 atom stereocenters. The molecule has 0 radical (unpaired) electrons. The summed E-state index contributed by atoms with van der Waals surface area (Å²) in [7, 11) is 0. The number of ether oxygens (including phenoxy) is 1. The Balaban J connectivity index is 1.65. The van der Waals surface area contributed by atoms with Gasteiger partial charge in [0, 0.05) is 0 Å². The number of rotatable bonds is 4. The summed E-state index contributed by atoms with van der Waals surface area (Å²) in [4.78, 5) is 12.7. The highest BCUT2D eigenvalue weighted by Gasteiger charge is 2.44. The lowest BCUT2D eigenvalue weighted by Gasteiger charge is -2.18. The van der Waals surface area contributed by atoms with Gasteiger partial charge in [0.15, 0.2) is 23.2 Å². The van der Waals surface area contributed by atoms with Gasteiger partial charge in [-0.3, -0.25) is 4.57 Å². The van der Waals surface area contributed by atoms with Crippen LogP contribution in [0.3, 0.4) is 0 Å². The molecule has 3 heterocycles. The van der Waals surface area contributed by atoms with Crippen LogP contribution in [0, 0.1) is 0 Å². The van der Waals surface area contributed by atoms with Crippen molar-refractivity contribution in [2.75, 3.05) is 11.9 Å². The molecule has 136 valence electrons. The molecular weight excluding hydrogens is 330 g/mol. The number of anilines is 1. The normalized spacial score (nSPS) is 35.5. The fourth-order valence-corrected chi connectivity index (χ4v) is 3.54. The number of hydrogen-bond donors (Lipinski definition) is 5. The summed E-state index contributed by atoms with van der Waals surface area (Å²) < 4.78 is 7.04. The molecule has 4 rings (SSSR count). The number of aliphatic hydroxyl groups is 4. The second-order valence-corrected chi connectivity index (χ2v) is 6.52. The van der Waals surface area contributed by atoms with Crippen molar-refractivity contribution in [1.29, 1.82) is 0 Å². The van der Waals surface area contributed by atoms with Crippen molar-refractivity contribution in [1.82, 2.24) is 19.5 Å². The number of fused-ring (bicyclic) bond motifs is 1. The first-order valence-electron chi connectivity index (χ1n) is 8.34. The third-order valence-corrected chi connectivity index (χ3v) is 4.95. The van der Waals surface area contributed by atoms with Gasteiger partial charge in [0.05, 0.1) is 25.1 Å². The largest absolute Gasteiger partial charge is 0.394 e. The predicted molar refractivity (Wildman–Crippen MR) is 85.6 cm³/mol. The van der Waals surface area contributed by atoms with E-state index in [1.165, 1.54) is 17.2 Å². The van der Waals surface area contributed by atoms with E-state index in [0.717, 1.165) is 19.3 Å². The molecule has 1 saturated heterocycles. The maximum Gasteiger partial charge on any atom is 0.167 e. The van der Waals surface area contributed by atoms with E-state index in [0.29, 0.717) is 17.0 Å². The Bertz CT molecular complexity index is 755. The van der Waals surface area contributed by atoms with Crippen LogP contribution in [0.1, 0.15) is 25.5 Å². The molecule has 25 heavy (non-hydrogen) atoms. The van der Waals surface area contributed by atoms with E-state index in [1.807, 2.05) is 0 Å². The third kappa shape index (κ3) is 2.75. The average Bonchev–Trinajstić information content (AvgIpc) is 3.29. The lowest BCUT2D eigenvalue weighted by molar-refractivity contribution is -0.0511.